The average molecular weight is 429 g/mol. The van der Waals surface area contributed by atoms with Crippen molar-refractivity contribution in [3.63, 3.8) is 0 Å². The lowest BCUT2D eigenvalue weighted by molar-refractivity contribution is -0.119. The molecule has 0 radical (unpaired) electrons. The first kappa shape index (κ1) is 19.9. The standard InChI is InChI=1S/C18H12Cl2F2N2O4/c19-11-7-9(5-6-13(11)28-18(21)22)23-14(25)8-27-17(26)16-15(20)10-3-1-2-4-12(10)24-16/h1-7,18,24H,8H2,(H,23,25). The van der Waals surface area contributed by atoms with Crippen molar-refractivity contribution in [2.45, 2.75) is 6.61 Å². The number of aromatic amines is 1. The predicted molar refractivity (Wildman–Crippen MR) is 100 cm³/mol. The second-order valence-electron chi connectivity index (χ2n) is 5.51. The van der Waals surface area contributed by atoms with Gasteiger partial charge in [0.05, 0.1) is 10.0 Å². The van der Waals surface area contributed by atoms with E-state index in [9.17, 15) is 18.4 Å². The van der Waals surface area contributed by atoms with E-state index in [1.165, 1.54) is 18.2 Å². The average Bonchev–Trinajstić information content (AvgIpc) is 2.99. The molecule has 0 aliphatic carbocycles. The van der Waals surface area contributed by atoms with Crippen molar-refractivity contribution >= 4 is 51.7 Å². The van der Waals surface area contributed by atoms with Crippen molar-refractivity contribution in [2.24, 2.45) is 0 Å². The minimum atomic E-state index is -3.02. The van der Waals surface area contributed by atoms with E-state index in [-0.39, 0.29) is 27.2 Å². The second-order valence-corrected chi connectivity index (χ2v) is 6.29. The molecule has 0 saturated heterocycles. The largest absolute Gasteiger partial charge is 0.451 e. The Labute approximate surface area is 167 Å². The lowest BCUT2D eigenvalue weighted by Crippen LogP contribution is -2.21. The zero-order valence-electron chi connectivity index (χ0n) is 14.0. The number of benzene rings is 2. The summed E-state index contributed by atoms with van der Waals surface area (Å²) in [5.74, 6) is -1.68. The highest BCUT2D eigenvalue weighted by Gasteiger charge is 2.19. The number of hydrogen-bond acceptors (Lipinski definition) is 4. The van der Waals surface area contributed by atoms with Gasteiger partial charge in [-0.1, -0.05) is 41.4 Å². The number of para-hydroxylation sites is 1. The first-order valence-electron chi connectivity index (χ1n) is 7.82. The van der Waals surface area contributed by atoms with E-state index in [2.05, 4.69) is 15.0 Å². The van der Waals surface area contributed by atoms with Crippen LogP contribution in [0.5, 0.6) is 5.75 Å². The minimum Gasteiger partial charge on any atom is -0.451 e. The van der Waals surface area contributed by atoms with Crippen molar-refractivity contribution in [1.82, 2.24) is 4.98 Å². The Bertz CT molecular complexity index is 1040. The van der Waals surface area contributed by atoms with Gasteiger partial charge in [0.1, 0.15) is 11.4 Å². The van der Waals surface area contributed by atoms with Gasteiger partial charge < -0.3 is 19.8 Å². The number of alkyl halides is 2. The zero-order valence-corrected chi connectivity index (χ0v) is 15.5. The van der Waals surface area contributed by atoms with Gasteiger partial charge in [0, 0.05) is 16.6 Å². The smallest absolute Gasteiger partial charge is 0.387 e. The van der Waals surface area contributed by atoms with Gasteiger partial charge in [-0.05, 0) is 24.3 Å². The molecule has 2 N–H and O–H groups in total. The number of anilines is 1. The van der Waals surface area contributed by atoms with Crippen LogP contribution in [-0.4, -0.2) is 30.1 Å². The van der Waals surface area contributed by atoms with Crippen LogP contribution in [-0.2, 0) is 9.53 Å². The lowest BCUT2D eigenvalue weighted by Gasteiger charge is -2.10. The van der Waals surface area contributed by atoms with Crippen LogP contribution in [0.15, 0.2) is 42.5 Å². The fourth-order valence-electron chi connectivity index (χ4n) is 2.42. The molecule has 0 aliphatic rings. The molecule has 0 aliphatic heterocycles. The van der Waals surface area contributed by atoms with Gasteiger partial charge in [-0.2, -0.15) is 8.78 Å². The number of H-pyrrole nitrogens is 1. The Hall–Kier alpha value is -2.84. The summed E-state index contributed by atoms with van der Waals surface area (Å²) < 4.78 is 33.6. The van der Waals surface area contributed by atoms with Crippen molar-refractivity contribution in [3.05, 3.63) is 58.2 Å². The van der Waals surface area contributed by atoms with E-state index in [1.54, 1.807) is 24.3 Å². The highest BCUT2D eigenvalue weighted by Crippen LogP contribution is 2.29. The van der Waals surface area contributed by atoms with Crippen LogP contribution in [0.4, 0.5) is 14.5 Å². The van der Waals surface area contributed by atoms with Crippen LogP contribution in [0.2, 0.25) is 10.0 Å². The van der Waals surface area contributed by atoms with Crippen LogP contribution in [0.25, 0.3) is 10.9 Å². The number of carbonyl (C=O) groups is 2. The molecule has 146 valence electrons. The molecule has 2 aromatic carbocycles. The van der Waals surface area contributed by atoms with Gasteiger partial charge in [0.25, 0.3) is 5.91 Å². The molecule has 1 aromatic heterocycles. The summed E-state index contributed by atoms with van der Waals surface area (Å²) in [7, 11) is 0. The number of hydrogen-bond donors (Lipinski definition) is 2. The van der Waals surface area contributed by atoms with Crippen LogP contribution < -0.4 is 10.1 Å². The predicted octanol–water partition coefficient (Wildman–Crippen LogP) is 4.87. The molecule has 0 saturated carbocycles. The van der Waals surface area contributed by atoms with Crippen LogP contribution in [0, 0.1) is 0 Å². The van der Waals surface area contributed by atoms with Crippen molar-refractivity contribution in [1.29, 1.82) is 0 Å². The van der Waals surface area contributed by atoms with Gasteiger partial charge >= 0.3 is 12.6 Å². The van der Waals surface area contributed by atoms with Crippen LogP contribution in [0.1, 0.15) is 10.5 Å². The molecule has 0 unspecified atom stereocenters. The van der Waals surface area contributed by atoms with Gasteiger partial charge in [0.15, 0.2) is 6.61 Å². The Balaban J connectivity index is 1.60. The summed E-state index contributed by atoms with van der Waals surface area (Å²) in [5.41, 5.74) is 0.910. The molecule has 0 bridgehead atoms. The highest BCUT2D eigenvalue weighted by atomic mass is 35.5. The third-order valence-electron chi connectivity index (χ3n) is 3.61. The molecule has 0 fully saturated rings. The summed E-state index contributed by atoms with van der Waals surface area (Å²) >= 11 is 12.0. The van der Waals surface area contributed by atoms with Gasteiger partial charge in [-0.25, -0.2) is 4.79 Å². The van der Waals surface area contributed by atoms with Gasteiger partial charge in [-0.3, -0.25) is 4.79 Å². The number of carbonyl (C=O) groups excluding carboxylic acids is 2. The number of fused-ring (bicyclic) bond motifs is 1. The topological polar surface area (TPSA) is 80.4 Å². The molecule has 1 heterocycles. The number of amides is 1. The summed E-state index contributed by atoms with van der Waals surface area (Å²) in [6.45, 7) is -3.61. The fourth-order valence-corrected chi connectivity index (χ4v) is 2.93. The Kier molecular flexibility index (Phi) is 6.01. The molecule has 0 spiro atoms. The minimum absolute atomic E-state index is 0.0345. The van der Waals surface area contributed by atoms with E-state index in [0.29, 0.717) is 10.9 Å². The maximum atomic E-state index is 12.2. The molecule has 1 amide bonds. The second kappa shape index (κ2) is 8.45. The van der Waals surface area contributed by atoms with Crippen molar-refractivity contribution in [3.8, 4) is 5.75 Å². The molecule has 0 atom stereocenters. The normalized spacial score (nSPS) is 10.9. The number of nitrogens with one attached hydrogen (secondary N) is 2. The molecular formula is C18H12Cl2F2N2O4. The number of ether oxygens (including phenoxy) is 2. The molecular weight excluding hydrogens is 417 g/mol. The molecule has 10 heteroatoms. The number of rotatable bonds is 6. The first-order valence-corrected chi connectivity index (χ1v) is 8.58. The van der Waals surface area contributed by atoms with Crippen LogP contribution in [0.3, 0.4) is 0 Å². The van der Waals surface area contributed by atoms with Crippen molar-refractivity contribution in [2.75, 3.05) is 11.9 Å². The Morgan fingerprint density at radius 2 is 1.89 bits per heavy atom. The van der Waals surface area contributed by atoms with Crippen molar-refractivity contribution < 1.29 is 27.8 Å². The summed E-state index contributed by atoms with van der Waals surface area (Å²) in [6.07, 6.45) is 0. The van der Waals surface area contributed by atoms with E-state index in [1.807, 2.05) is 0 Å². The molecule has 6 nitrogen and oxygen atoms in total. The third-order valence-corrected chi connectivity index (χ3v) is 4.30. The number of esters is 1. The maximum Gasteiger partial charge on any atom is 0.387 e. The molecule has 3 rings (SSSR count). The Morgan fingerprint density at radius 1 is 1.14 bits per heavy atom. The number of halogens is 4. The Morgan fingerprint density at radius 3 is 2.57 bits per heavy atom. The van der Waals surface area contributed by atoms with Crippen LogP contribution >= 0.6 is 23.2 Å². The zero-order chi connectivity index (χ0) is 20.3. The third kappa shape index (κ3) is 4.52. The number of aromatic nitrogens is 1. The van der Waals surface area contributed by atoms with E-state index in [4.69, 9.17) is 27.9 Å². The first-order chi connectivity index (χ1) is 13.3. The van der Waals surface area contributed by atoms with E-state index < -0.39 is 25.1 Å². The van der Waals surface area contributed by atoms with E-state index >= 15 is 0 Å². The van der Waals surface area contributed by atoms with Gasteiger partial charge in [-0.15, -0.1) is 0 Å². The SMILES string of the molecule is O=C(COC(=O)c1[nH]c2ccccc2c1Cl)Nc1ccc(OC(F)F)c(Cl)c1. The fraction of sp³-hybridized carbons (Fsp3) is 0.111. The maximum absolute atomic E-state index is 12.2. The lowest BCUT2D eigenvalue weighted by atomic mass is 10.2. The quantitative estimate of drug-likeness (QED) is 0.548. The summed E-state index contributed by atoms with van der Waals surface area (Å²) in [6, 6.07) is 10.8. The van der Waals surface area contributed by atoms with E-state index in [0.717, 1.165) is 0 Å². The molecule has 28 heavy (non-hydrogen) atoms. The molecule has 3 aromatic rings. The summed E-state index contributed by atoms with van der Waals surface area (Å²) in [4.78, 5) is 27.0. The monoisotopic (exact) mass is 428 g/mol. The highest BCUT2D eigenvalue weighted by molar-refractivity contribution is 6.38. The summed E-state index contributed by atoms with van der Waals surface area (Å²) in [5, 5.41) is 3.16. The van der Waals surface area contributed by atoms with Gasteiger partial charge in [0.2, 0.25) is 0 Å².